The van der Waals surface area contributed by atoms with Crippen molar-refractivity contribution in [2.24, 2.45) is 0 Å². The largest absolute Gasteiger partial charge is 0.337 e. The first-order chi connectivity index (χ1) is 13.6. The number of carbonyl (C=O) groups is 1. The molecule has 0 spiro atoms. The van der Waals surface area contributed by atoms with Gasteiger partial charge < -0.3 is 4.90 Å². The van der Waals surface area contributed by atoms with E-state index in [4.69, 9.17) is 4.98 Å². The second-order valence-electron chi connectivity index (χ2n) is 7.01. The lowest BCUT2D eigenvalue weighted by molar-refractivity contribution is -0.131. The number of amides is 1. The lowest BCUT2D eigenvalue weighted by Gasteiger charge is -2.29. The minimum atomic E-state index is -0.295. The summed E-state index contributed by atoms with van der Waals surface area (Å²) in [6.45, 7) is 5.98. The number of hydrogen-bond acceptors (Lipinski definition) is 5. The van der Waals surface area contributed by atoms with Crippen LogP contribution in [0.5, 0.6) is 0 Å². The molecule has 0 N–H and O–H groups in total. The summed E-state index contributed by atoms with van der Waals surface area (Å²) in [6.07, 6.45) is 1.76. The molecule has 1 amide bonds. The van der Waals surface area contributed by atoms with Gasteiger partial charge in [0.2, 0.25) is 5.91 Å². The van der Waals surface area contributed by atoms with Crippen molar-refractivity contribution in [3.8, 4) is 0 Å². The van der Waals surface area contributed by atoms with E-state index in [2.05, 4.69) is 11.4 Å². The molecule has 0 saturated carbocycles. The zero-order valence-corrected chi connectivity index (χ0v) is 17.7. The SMILES string of the molecule is CCCn1c(SC(C)C(=O)N2CCc3sccc3C2)nc2ccccc2c1=O. The molecule has 0 saturated heterocycles. The first kappa shape index (κ1) is 19.2. The number of carbonyl (C=O) groups excluding carboxylic acids is 1. The summed E-state index contributed by atoms with van der Waals surface area (Å²) in [5.41, 5.74) is 1.91. The molecular formula is C21H23N3O2S2. The van der Waals surface area contributed by atoms with Gasteiger partial charge in [-0.25, -0.2) is 4.98 Å². The van der Waals surface area contributed by atoms with Gasteiger partial charge in [0.1, 0.15) is 0 Å². The van der Waals surface area contributed by atoms with Gasteiger partial charge >= 0.3 is 0 Å². The van der Waals surface area contributed by atoms with Crippen LogP contribution in [0.4, 0.5) is 0 Å². The van der Waals surface area contributed by atoms with Crippen LogP contribution in [0.2, 0.25) is 0 Å². The number of thiophene rings is 1. The molecule has 28 heavy (non-hydrogen) atoms. The number of nitrogens with zero attached hydrogens (tertiary/aromatic N) is 3. The fraction of sp³-hybridized carbons (Fsp3) is 0.381. The highest BCUT2D eigenvalue weighted by molar-refractivity contribution is 8.00. The van der Waals surface area contributed by atoms with Crippen LogP contribution in [0, 0.1) is 0 Å². The molecule has 0 fully saturated rings. The zero-order chi connectivity index (χ0) is 19.7. The average Bonchev–Trinajstić information content (AvgIpc) is 3.18. The molecule has 1 atom stereocenters. The summed E-state index contributed by atoms with van der Waals surface area (Å²) >= 11 is 3.16. The molecule has 2 aromatic heterocycles. The predicted octanol–water partition coefficient (Wildman–Crippen LogP) is 3.93. The highest BCUT2D eigenvalue weighted by Crippen LogP contribution is 2.28. The maximum Gasteiger partial charge on any atom is 0.262 e. The Bertz CT molecular complexity index is 1070. The van der Waals surface area contributed by atoms with E-state index in [0.29, 0.717) is 29.1 Å². The first-order valence-corrected chi connectivity index (χ1v) is 11.3. The molecule has 3 heterocycles. The van der Waals surface area contributed by atoms with Gasteiger partial charge in [-0.2, -0.15) is 0 Å². The Morgan fingerprint density at radius 2 is 2.14 bits per heavy atom. The molecule has 1 aromatic carbocycles. The van der Waals surface area contributed by atoms with Crippen molar-refractivity contribution in [3.63, 3.8) is 0 Å². The first-order valence-electron chi connectivity index (χ1n) is 9.58. The van der Waals surface area contributed by atoms with Gasteiger partial charge in [0.25, 0.3) is 5.56 Å². The van der Waals surface area contributed by atoms with E-state index < -0.39 is 0 Å². The number of fused-ring (bicyclic) bond motifs is 2. The minimum Gasteiger partial charge on any atom is -0.337 e. The monoisotopic (exact) mass is 413 g/mol. The molecule has 0 radical (unpaired) electrons. The predicted molar refractivity (Wildman–Crippen MR) is 115 cm³/mol. The van der Waals surface area contributed by atoms with Crippen LogP contribution >= 0.6 is 23.1 Å². The van der Waals surface area contributed by atoms with E-state index >= 15 is 0 Å². The molecular weight excluding hydrogens is 390 g/mol. The van der Waals surface area contributed by atoms with E-state index in [1.807, 2.05) is 43.0 Å². The number of para-hydroxylation sites is 1. The van der Waals surface area contributed by atoms with Crippen LogP contribution in [0.25, 0.3) is 10.9 Å². The second-order valence-corrected chi connectivity index (χ2v) is 9.32. The van der Waals surface area contributed by atoms with E-state index in [-0.39, 0.29) is 16.7 Å². The normalized spacial score (nSPS) is 14.9. The molecule has 7 heteroatoms. The highest BCUT2D eigenvalue weighted by atomic mass is 32.2. The summed E-state index contributed by atoms with van der Waals surface area (Å²) in [6, 6.07) is 9.52. The topological polar surface area (TPSA) is 55.2 Å². The van der Waals surface area contributed by atoms with Crippen LogP contribution in [-0.2, 0) is 24.3 Å². The number of thioether (sulfide) groups is 1. The highest BCUT2D eigenvalue weighted by Gasteiger charge is 2.27. The van der Waals surface area contributed by atoms with E-state index in [1.165, 1.54) is 22.2 Å². The van der Waals surface area contributed by atoms with E-state index in [1.54, 1.807) is 15.9 Å². The van der Waals surface area contributed by atoms with Crippen molar-refractivity contribution in [1.29, 1.82) is 0 Å². The van der Waals surface area contributed by atoms with E-state index in [0.717, 1.165) is 19.4 Å². The van der Waals surface area contributed by atoms with Crippen LogP contribution in [0.3, 0.4) is 0 Å². The molecule has 1 aliphatic heterocycles. The Balaban J connectivity index is 1.59. The van der Waals surface area contributed by atoms with E-state index in [9.17, 15) is 9.59 Å². The zero-order valence-electron chi connectivity index (χ0n) is 16.1. The van der Waals surface area contributed by atoms with Crippen molar-refractivity contribution >= 4 is 39.9 Å². The quantitative estimate of drug-likeness (QED) is 0.470. The third kappa shape index (κ3) is 3.61. The Kier molecular flexibility index (Phi) is 5.55. The van der Waals surface area contributed by atoms with Gasteiger partial charge in [-0.1, -0.05) is 30.8 Å². The van der Waals surface area contributed by atoms with Gasteiger partial charge in [-0.15, -0.1) is 11.3 Å². The molecule has 0 aliphatic carbocycles. The van der Waals surface area contributed by atoms with Crippen molar-refractivity contribution in [2.75, 3.05) is 6.54 Å². The van der Waals surface area contributed by atoms with Gasteiger partial charge in [0.05, 0.1) is 16.2 Å². The van der Waals surface area contributed by atoms with Crippen LogP contribution in [0.15, 0.2) is 45.7 Å². The molecule has 1 unspecified atom stereocenters. The van der Waals surface area contributed by atoms with Crippen LogP contribution in [-0.4, -0.2) is 32.2 Å². The van der Waals surface area contributed by atoms with Gasteiger partial charge in [0.15, 0.2) is 5.16 Å². The van der Waals surface area contributed by atoms with Gasteiger partial charge in [0, 0.05) is 24.5 Å². The Labute approximate surface area is 172 Å². The van der Waals surface area contributed by atoms with Crippen LogP contribution < -0.4 is 5.56 Å². The number of rotatable bonds is 5. The molecule has 146 valence electrons. The summed E-state index contributed by atoms with van der Waals surface area (Å²) in [4.78, 5) is 34.0. The van der Waals surface area contributed by atoms with Gasteiger partial charge in [-0.05, 0) is 48.9 Å². The molecule has 3 aromatic rings. The van der Waals surface area contributed by atoms with Crippen molar-refractivity contribution < 1.29 is 4.79 Å². The number of hydrogen-bond donors (Lipinski definition) is 0. The fourth-order valence-corrected chi connectivity index (χ4v) is 5.47. The van der Waals surface area contributed by atoms with Crippen LogP contribution in [0.1, 0.15) is 30.7 Å². The lowest BCUT2D eigenvalue weighted by atomic mass is 10.1. The summed E-state index contributed by atoms with van der Waals surface area (Å²) < 4.78 is 1.71. The molecule has 5 nitrogen and oxygen atoms in total. The minimum absolute atomic E-state index is 0.0320. The fourth-order valence-electron chi connectivity index (χ4n) is 3.56. The third-order valence-electron chi connectivity index (χ3n) is 5.02. The van der Waals surface area contributed by atoms with Crippen molar-refractivity contribution in [1.82, 2.24) is 14.5 Å². The molecule has 0 bridgehead atoms. The number of benzene rings is 1. The Morgan fingerprint density at radius 3 is 2.96 bits per heavy atom. The lowest BCUT2D eigenvalue weighted by Crippen LogP contribution is -2.40. The smallest absolute Gasteiger partial charge is 0.262 e. The average molecular weight is 414 g/mol. The summed E-state index contributed by atoms with van der Waals surface area (Å²) in [7, 11) is 0. The maximum absolute atomic E-state index is 13.0. The standard InChI is InChI=1S/C21H23N3O2S2/c1-3-10-24-20(26)16-6-4-5-7-17(16)22-21(24)28-14(2)19(25)23-11-8-18-15(13-23)9-12-27-18/h4-7,9,12,14H,3,8,10-11,13H2,1-2H3. The maximum atomic E-state index is 13.0. The molecule has 4 rings (SSSR count). The summed E-state index contributed by atoms with van der Waals surface area (Å²) in [5, 5.41) is 3.05. The Morgan fingerprint density at radius 1 is 1.32 bits per heavy atom. The van der Waals surface area contributed by atoms with Gasteiger partial charge in [-0.3, -0.25) is 14.2 Å². The summed E-state index contributed by atoms with van der Waals surface area (Å²) in [5.74, 6) is 0.104. The number of aromatic nitrogens is 2. The van der Waals surface area contributed by atoms with Crippen molar-refractivity contribution in [2.45, 2.75) is 50.2 Å². The molecule has 1 aliphatic rings. The Hall–Kier alpha value is -2.12. The van der Waals surface area contributed by atoms with Crippen molar-refractivity contribution in [3.05, 3.63) is 56.5 Å². The third-order valence-corrected chi connectivity index (χ3v) is 7.12. The second kappa shape index (κ2) is 8.09.